The zero-order valence-electron chi connectivity index (χ0n) is 16.1. The van der Waals surface area contributed by atoms with E-state index in [0.29, 0.717) is 24.3 Å². The smallest absolute Gasteiger partial charge is 0.222 e. The second-order valence-electron chi connectivity index (χ2n) is 7.22. The molecule has 1 aliphatic rings. The average molecular weight is 337 g/mol. The molecule has 1 aliphatic heterocycles. The quantitative estimate of drug-likeness (QED) is 0.479. The molecule has 0 unspecified atom stereocenters. The third kappa shape index (κ3) is 9.95. The topological polar surface area (TPSA) is 32.8 Å². The fraction of sp³-hybridized carbons (Fsp3) is 0.850. The molecule has 0 atom stereocenters. The maximum absolute atomic E-state index is 12.2. The van der Waals surface area contributed by atoms with Crippen molar-refractivity contribution in [3.05, 3.63) is 0 Å². The van der Waals surface area contributed by atoms with Crippen LogP contribution in [0.1, 0.15) is 59.8 Å². The van der Waals surface area contributed by atoms with E-state index in [2.05, 4.69) is 44.4 Å². The predicted octanol–water partition coefficient (Wildman–Crippen LogP) is 3.17. The number of amides is 1. The molecule has 1 saturated heterocycles. The van der Waals surface area contributed by atoms with Crippen LogP contribution in [0, 0.1) is 17.8 Å². The zero-order valence-corrected chi connectivity index (χ0v) is 16.1. The number of piperazine rings is 1. The highest BCUT2D eigenvalue weighted by Gasteiger charge is 2.19. The third-order valence-corrected chi connectivity index (χ3v) is 4.15. The summed E-state index contributed by atoms with van der Waals surface area (Å²) in [5, 5.41) is 0. The fourth-order valence-electron chi connectivity index (χ4n) is 2.73. The van der Waals surface area contributed by atoms with E-state index in [1.54, 1.807) is 0 Å². The van der Waals surface area contributed by atoms with Crippen LogP contribution in [-0.4, -0.2) is 61.1 Å². The van der Waals surface area contributed by atoms with E-state index >= 15 is 0 Å². The molecule has 0 aromatic rings. The van der Waals surface area contributed by atoms with Crippen molar-refractivity contribution in [3.63, 3.8) is 0 Å². The minimum absolute atomic E-state index is 0.321. The maximum atomic E-state index is 12.2. The summed E-state index contributed by atoms with van der Waals surface area (Å²) < 4.78 is 5.53. The van der Waals surface area contributed by atoms with E-state index in [4.69, 9.17) is 4.74 Å². The van der Waals surface area contributed by atoms with E-state index in [-0.39, 0.29) is 0 Å². The zero-order chi connectivity index (χ0) is 17.8. The third-order valence-electron chi connectivity index (χ3n) is 4.15. The molecule has 0 aliphatic carbocycles. The number of carbonyl (C=O) groups is 1. The molecule has 4 heteroatoms. The molecule has 0 N–H and O–H groups in total. The molecule has 0 aromatic carbocycles. The van der Waals surface area contributed by atoms with Gasteiger partial charge in [0.05, 0.1) is 12.6 Å². The Morgan fingerprint density at radius 3 is 2.29 bits per heavy atom. The molecule has 24 heavy (non-hydrogen) atoms. The van der Waals surface area contributed by atoms with E-state index in [9.17, 15) is 4.79 Å². The summed E-state index contributed by atoms with van der Waals surface area (Å²) in [6.07, 6.45) is 5.39. The monoisotopic (exact) mass is 336 g/mol. The van der Waals surface area contributed by atoms with Gasteiger partial charge in [0.2, 0.25) is 5.91 Å². The molecule has 0 saturated carbocycles. The molecule has 1 rings (SSSR count). The van der Waals surface area contributed by atoms with Crippen molar-refractivity contribution >= 4 is 5.91 Å². The molecule has 0 radical (unpaired) electrons. The van der Waals surface area contributed by atoms with Crippen LogP contribution in [0.2, 0.25) is 0 Å². The lowest BCUT2D eigenvalue weighted by Crippen LogP contribution is -2.48. The SMILES string of the molecule is CC(C)C#CCN1CCN(C(=O)CCCCCCOC(C)C)CC1. The van der Waals surface area contributed by atoms with Crippen LogP contribution in [0.15, 0.2) is 0 Å². The van der Waals surface area contributed by atoms with Crippen LogP contribution in [-0.2, 0) is 9.53 Å². The first-order chi connectivity index (χ1) is 11.5. The number of hydrogen-bond donors (Lipinski definition) is 0. The molecule has 0 bridgehead atoms. The van der Waals surface area contributed by atoms with Crippen molar-refractivity contribution in [2.75, 3.05) is 39.3 Å². The Labute approximate surface area is 148 Å². The first-order valence-electron chi connectivity index (χ1n) is 9.59. The van der Waals surface area contributed by atoms with Crippen LogP contribution >= 0.6 is 0 Å². The summed E-state index contributed by atoms with van der Waals surface area (Å²) >= 11 is 0. The summed E-state index contributed by atoms with van der Waals surface area (Å²) in [6.45, 7) is 13.6. The Morgan fingerprint density at radius 1 is 1.00 bits per heavy atom. The lowest BCUT2D eigenvalue weighted by atomic mass is 10.1. The van der Waals surface area contributed by atoms with Gasteiger partial charge in [0, 0.05) is 45.1 Å². The van der Waals surface area contributed by atoms with E-state index in [1.165, 1.54) is 0 Å². The first-order valence-corrected chi connectivity index (χ1v) is 9.59. The van der Waals surface area contributed by atoms with Crippen molar-refractivity contribution in [1.82, 2.24) is 9.80 Å². The number of carbonyl (C=O) groups excluding carboxylic acids is 1. The summed E-state index contributed by atoms with van der Waals surface area (Å²) in [6, 6.07) is 0. The van der Waals surface area contributed by atoms with Gasteiger partial charge in [-0.15, -0.1) is 0 Å². The number of hydrogen-bond acceptors (Lipinski definition) is 3. The van der Waals surface area contributed by atoms with Crippen molar-refractivity contribution in [1.29, 1.82) is 0 Å². The number of nitrogens with zero attached hydrogens (tertiary/aromatic N) is 2. The van der Waals surface area contributed by atoms with Crippen LogP contribution in [0.4, 0.5) is 0 Å². The minimum Gasteiger partial charge on any atom is -0.379 e. The molecule has 0 aromatic heterocycles. The van der Waals surface area contributed by atoms with Gasteiger partial charge in [-0.05, 0) is 26.7 Å². The highest BCUT2D eigenvalue weighted by molar-refractivity contribution is 5.76. The van der Waals surface area contributed by atoms with Gasteiger partial charge in [0.1, 0.15) is 0 Å². The normalized spacial score (nSPS) is 15.7. The fourth-order valence-corrected chi connectivity index (χ4v) is 2.73. The van der Waals surface area contributed by atoms with Gasteiger partial charge in [-0.3, -0.25) is 9.69 Å². The van der Waals surface area contributed by atoms with Crippen molar-refractivity contribution in [2.45, 2.75) is 65.9 Å². The Balaban J connectivity index is 2.06. The van der Waals surface area contributed by atoms with Crippen molar-refractivity contribution in [3.8, 4) is 11.8 Å². The Kier molecular flexibility index (Phi) is 10.8. The van der Waals surface area contributed by atoms with Gasteiger partial charge in [-0.1, -0.05) is 38.5 Å². The van der Waals surface area contributed by atoms with Crippen LogP contribution < -0.4 is 0 Å². The Bertz CT molecular complexity index is 402. The summed E-state index contributed by atoms with van der Waals surface area (Å²) in [4.78, 5) is 16.6. The summed E-state index contributed by atoms with van der Waals surface area (Å²) in [5.74, 6) is 7.18. The molecular formula is C20H36N2O2. The maximum Gasteiger partial charge on any atom is 0.222 e. The van der Waals surface area contributed by atoms with E-state index in [1.807, 2.05) is 4.90 Å². The minimum atomic E-state index is 0.321. The number of unbranched alkanes of at least 4 members (excludes halogenated alkanes) is 3. The first kappa shape index (κ1) is 21.0. The lowest BCUT2D eigenvalue weighted by Gasteiger charge is -2.33. The molecule has 1 amide bonds. The summed E-state index contributed by atoms with van der Waals surface area (Å²) in [7, 11) is 0. The van der Waals surface area contributed by atoms with Gasteiger partial charge in [0.25, 0.3) is 0 Å². The molecule has 4 nitrogen and oxygen atoms in total. The second kappa shape index (κ2) is 12.3. The highest BCUT2D eigenvalue weighted by atomic mass is 16.5. The van der Waals surface area contributed by atoms with Gasteiger partial charge in [-0.2, -0.15) is 0 Å². The van der Waals surface area contributed by atoms with Gasteiger partial charge in [-0.25, -0.2) is 0 Å². The molecule has 1 heterocycles. The number of rotatable bonds is 9. The van der Waals surface area contributed by atoms with E-state index in [0.717, 1.165) is 65.0 Å². The molecular weight excluding hydrogens is 300 g/mol. The van der Waals surface area contributed by atoms with E-state index < -0.39 is 0 Å². The highest BCUT2D eigenvalue weighted by Crippen LogP contribution is 2.09. The van der Waals surface area contributed by atoms with Crippen molar-refractivity contribution in [2.24, 2.45) is 5.92 Å². The van der Waals surface area contributed by atoms with Crippen molar-refractivity contribution < 1.29 is 9.53 Å². The molecule has 0 spiro atoms. The van der Waals surface area contributed by atoms with Gasteiger partial charge < -0.3 is 9.64 Å². The Hall–Kier alpha value is -1.05. The second-order valence-corrected chi connectivity index (χ2v) is 7.22. The molecule has 1 fully saturated rings. The summed E-state index contributed by atoms with van der Waals surface area (Å²) in [5.41, 5.74) is 0. The van der Waals surface area contributed by atoms with Crippen LogP contribution in [0.3, 0.4) is 0 Å². The predicted molar refractivity (Wildman–Crippen MR) is 99.8 cm³/mol. The van der Waals surface area contributed by atoms with Gasteiger partial charge in [0.15, 0.2) is 0 Å². The van der Waals surface area contributed by atoms with Crippen LogP contribution in [0.25, 0.3) is 0 Å². The van der Waals surface area contributed by atoms with Crippen LogP contribution in [0.5, 0.6) is 0 Å². The average Bonchev–Trinajstić information content (AvgIpc) is 2.53. The lowest BCUT2D eigenvalue weighted by molar-refractivity contribution is -0.133. The molecule has 138 valence electrons. The standard InChI is InChI=1S/C20H36N2O2/c1-18(2)10-9-12-21-13-15-22(16-14-21)20(23)11-7-5-6-8-17-24-19(3)4/h18-19H,5-8,11-17H2,1-4H3. The Morgan fingerprint density at radius 2 is 1.67 bits per heavy atom. The number of ether oxygens (including phenoxy) is 1. The largest absolute Gasteiger partial charge is 0.379 e. The van der Waals surface area contributed by atoms with Gasteiger partial charge >= 0.3 is 0 Å².